The van der Waals surface area contributed by atoms with E-state index in [0.717, 1.165) is 44.9 Å². The van der Waals surface area contributed by atoms with Crippen molar-refractivity contribution in [1.82, 2.24) is 31.1 Å². The number of rotatable bonds is 5. The molecule has 4 aliphatic heterocycles. The number of alkyl carbamates (subject to hydrolysis) is 1. The van der Waals surface area contributed by atoms with Crippen LogP contribution in [0.1, 0.15) is 19.8 Å². The molecule has 6 unspecified atom stereocenters. The fourth-order valence-corrected chi connectivity index (χ4v) is 7.56. The van der Waals surface area contributed by atoms with Crippen LogP contribution in [0.5, 0.6) is 0 Å². The minimum Gasteiger partial charge on any atom is -0.450 e. The third-order valence-electron chi connectivity index (χ3n) is 6.56. The molecule has 0 aromatic carbocycles. The number of nitrogens with zero attached hydrogens (tertiary/aromatic N) is 2. The van der Waals surface area contributed by atoms with Crippen LogP contribution >= 0.6 is 23.5 Å². The smallest absolute Gasteiger partial charge is 0.413 e. The van der Waals surface area contributed by atoms with Crippen molar-refractivity contribution in [2.24, 2.45) is 5.92 Å². The van der Waals surface area contributed by atoms with Crippen LogP contribution in [-0.4, -0.2) is 108 Å². The third kappa shape index (κ3) is 5.53. The zero-order valence-corrected chi connectivity index (χ0v) is 20.3. The van der Waals surface area contributed by atoms with Gasteiger partial charge in [0.2, 0.25) is 11.8 Å². The molecule has 4 fully saturated rings. The number of likely N-dealkylation sites (N-methyl/N-ethyl adjacent to an activating group) is 1. The highest BCUT2D eigenvalue weighted by Gasteiger charge is 2.47. The Morgan fingerprint density at radius 3 is 2.66 bits per heavy atom. The number of hydrogen-bond acceptors (Lipinski definition) is 10. The van der Waals surface area contributed by atoms with E-state index in [0.29, 0.717) is 11.7 Å². The number of ether oxygens (including phenoxy) is 1. The lowest BCUT2D eigenvalue weighted by atomic mass is 10.0. The second-order valence-electron chi connectivity index (χ2n) is 8.68. The topological polar surface area (TPSA) is 115 Å². The van der Waals surface area contributed by atoms with Gasteiger partial charge in [0.1, 0.15) is 5.37 Å². The molecular weight excluding hydrogens is 452 g/mol. The van der Waals surface area contributed by atoms with Crippen LogP contribution < -0.4 is 21.3 Å². The van der Waals surface area contributed by atoms with Crippen molar-refractivity contribution in [2.75, 3.05) is 52.1 Å². The Hall–Kier alpha value is -1.05. The van der Waals surface area contributed by atoms with E-state index in [1.165, 1.54) is 0 Å². The van der Waals surface area contributed by atoms with Gasteiger partial charge in [-0.05, 0) is 39.1 Å². The molecule has 0 aliphatic carbocycles. The van der Waals surface area contributed by atoms with Crippen LogP contribution in [0.2, 0.25) is 0 Å². The minimum absolute atomic E-state index is 0.0881. The van der Waals surface area contributed by atoms with Crippen LogP contribution in [-0.2, 0) is 14.3 Å². The second-order valence-corrected chi connectivity index (χ2v) is 11.3. The maximum Gasteiger partial charge on any atom is 0.413 e. The first-order valence-electron chi connectivity index (χ1n) is 11.4. The van der Waals surface area contributed by atoms with Crippen molar-refractivity contribution in [2.45, 2.75) is 48.0 Å². The zero-order chi connectivity index (χ0) is 22.7. The molecule has 0 radical (unpaired) electrons. The Bertz CT molecular complexity index is 708. The van der Waals surface area contributed by atoms with Crippen molar-refractivity contribution in [3.63, 3.8) is 0 Å². The van der Waals surface area contributed by atoms with Gasteiger partial charge in [-0.15, -0.1) is 23.5 Å². The third-order valence-corrected chi connectivity index (χ3v) is 9.34. The summed E-state index contributed by atoms with van der Waals surface area (Å²) in [6.45, 7) is 7.01. The predicted molar refractivity (Wildman–Crippen MR) is 125 cm³/mol. The summed E-state index contributed by atoms with van der Waals surface area (Å²) < 4.78 is 4.80. The van der Waals surface area contributed by atoms with Crippen molar-refractivity contribution < 1.29 is 19.1 Å². The lowest BCUT2D eigenvalue weighted by Crippen LogP contribution is -2.65. The minimum atomic E-state index is -0.737. The summed E-state index contributed by atoms with van der Waals surface area (Å²) in [5.41, 5.74) is 0. The molecule has 0 aromatic heterocycles. The monoisotopic (exact) mass is 486 g/mol. The summed E-state index contributed by atoms with van der Waals surface area (Å²) in [5, 5.41) is 12.3. The summed E-state index contributed by atoms with van der Waals surface area (Å²) in [7, 11) is 2.15. The van der Waals surface area contributed by atoms with Gasteiger partial charge in [-0.3, -0.25) is 25.1 Å². The average molecular weight is 487 g/mol. The van der Waals surface area contributed by atoms with E-state index in [4.69, 9.17) is 4.74 Å². The molecule has 3 amide bonds. The number of imide groups is 1. The van der Waals surface area contributed by atoms with Gasteiger partial charge >= 0.3 is 6.09 Å². The Morgan fingerprint density at radius 1 is 1.12 bits per heavy atom. The van der Waals surface area contributed by atoms with Crippen molar-refractivity contribution in [3.8, 4) is 0 Å². The summed E-state index contributed by atoms with van der Waals surface area (Å²) in [6, 6.07) is 0.215. The zero-order valence-electron chi connectivity index (χ0n) is 18.7. The molecule has 0 aromatic rings. The number of piperazine rings is 1. The Kier molecular flexibility index (Phi) is 8.22. The first-order chi connectivity index (χ1) is 15.5. The lowest BCUT2D eigenvalue weighted by molar-refractivity contribution is -0.125. The predicted octanol–water partition coefficient (Wildman–Crippen LogP) is -0.579. The van der Waals surface area contributed by atoms with E-state index in [-0.39, 0.29) is 35.5 Å². The van der Waals surface area contributed by atoms with Crippen LogP contribution in [0.4, 0.5) is 4.79 Å². The van der Waals surface area contributed by atoms with Gasteiger partial charge in [-0.25, -0.2) is 4.79 Å². The fraction of sp³-hybridized carbons (Fsp3) is 0.850. The molecule has 32 heavy (non-hydrogen) atoms. The highest BCUT2D eigenvalue weighted by Crippen LogP contribution is 2.36. The normalized spacial score (nSPS) is 35.8. The number of nitrogens with one attached hydrogen (secondary N) is 4. The lowest BCUT2D eigenvalue weighted by Gasteiger charge is -2.44. The van der Waals surface area contributed by atoms with Crippen LogP contribution in [0.15, 0.2) is 0 Å². The summed E-state index contributed by atoms with van der Waals surface area (Å²) in [6.07, 6.45) is 1.14. The first kappa shape index (κ1) is 24.1. The highest BCUT2D eigenvalue weighted by molar-refractivity contribution is 8.01. The molecule has 12 heteroatoms. The molecule has 4 heterocycles. The molecule has 10 nitrogen and oxygen atoms in total. The first-order valence-corrected chi connectivity index (χ1v) is 13.4. The Balaban J connectivity index is 1.32. The molecule has 0 bridgehead atoms. The van der Waals surface area contributed by atoms with Gasteiger partial charge in [0, 0.05) is 37.5 Å². The number of fused-ring (bicyclic) bond motifs is 1. The molecule has 4 aliphatic rings. The molecule has 0 spiro atoms. The molecule has 4 N–H and O–H groups in total. The van der Waals surface area contributed by atoms with Gasteiger partial charge in [-0.2, -0.15) is 0 Å². The maximum absolute atomic E-state index is 13.1. The van der Waals surface area contributed by atoms with Crippen molar-refractivity contribution in [3.05, 3.63) is 0 Å². The summed E-state index contributed by atoms with van der Waals surface area (Å²) in [4.78, 5) is 42.0. The summed E-state index contributed by atoms with van der Waals surface area (Å²) in [5.74, 6) is -0.159. The highest BCUT2D eigenvalue weighted by atomic mass is 32.2. The maximum atomic E-state index is 13.1. The van der Waals surface area contributed by atoms with E-state index in [2.05, 4.69) is 38.1 Å². The van der Waals surface area contributed by atoms with Crippen LogP contribution in [0, 0.1) is 5.92 Å². The van der Waals surface area contributed by atoms with E-state index in [1.54, 1.807) is 30.4 Å². The van der Waals surface area contributed by atoms with Crippen molar-refractivity contribution >= 4 is 41.4 Å². The van der Waals surface area contributed by atoms with E-state index < -0.39 is 17.9 Å². The van der Waals surface area contributed by atoms with E-state index in [1.807, 2.05) is 0 Å². The SMILES string of the molecule is CCOC(=O)NC(=O)C1CCSC1NC(=O)C1NC2C(CCNC2N2CCN(C)CC2)S1. The molecule has 4 rings (SSSR count). The number of amides is 3. The van der Waals surface area contributed by atoms with Gasteiger partial charge in [0.25, 0.3) is 0 Å². The average Bonchev–Trinajstić information content (AvgIpc) is 3.41. The van der Waals surface area contributed by atoms with Gasteiger partial charge in [0.15, 0.2) is 0 Å². The molecule has 180 valence electrons. The largest absolute Gasteiger partial charge is 0.450 e. The van der Waals surface area contributed by atoms with Crippen LogP contribution in [0.3, 0.4) is 0 Å². The number of hydrogen-bond donors (Lipinski definition) is 4. The molecule has 0 saturated carbocycles. The fourth-order valence-electron chi connectivity index (χ4n) is 4.79. The van der Waals surface area contributed by atoms with E-state index in [9.17, 15) is 14.4 Å². The Morgan fingerprint density at radius 2 is 1.91 bits per heavy atom. The molecular formula is C20H34N6O4S2. The van der Waals surface area contributed by atoms with Gasteiger partial charge in [-0.1, -0.05) is 0 Å². The van der Waals surface area contributed by atoms with Gasteiger partial charge < -0.3 is 20.3 Å². The number of carbonyl (C=O) groups is 3. The number of thioether (sulfide) groups is 2. The molecule has 6 atom stereocenters. The van der Waals surface area contributed by atoms with Gasteiger partial charge in [0.05, 0.1) is 24.1 Å². The second kappa shape index (κ2) is 10.9. The Labute approximate surface area is 197 Å². The number of piperidine rings is 1. The molecule has 4 saturated heterocycles. The van der Waals surface area contributed by atoms with Crippen molar-refractivity contribution in [1.29, 1.82) is 0 Å². The quantitative estimate of drug-likeness (QED) is 0.402. The van der Waals surface area contributed by atoms with Crippen LogP contribution in [0.25, 0.3) is 0 Å². The summed E-state index contributed by atoms with van der Waals surface area (Å²) >= 11 is 3.25. The van der Waals surface area contributed by atoms with E-state index >= 15 is 0 Å². The standard InChI is InChI=1S/C20H34N6O4S2/c1-3-30-20(29)24-16(27)12-5-11-31-18(12)23-17(28)19-22-14-13(32-19)4-6-21-15(14)26-9-7-25(2)8-10-26/h12-15,18-19,21-22H,3-11H2,1-2H3,(H,23,28)(H,24,27,29). The number of carbonyl (C=O) groups excluding carboxylic acids is 3.